The number of aliphatic hydroxyl groups is 1. The van der Waals surface area contributed by atoms with Gasteiger partial charge in [-0.2, -0.15) is 0 Å². The minimum absolute atomic E-state index is 0.408. The van der Waals surface area contributed by atoms with E-state index in [1.807, 2.05) is 24.3 Å². The highest BCUT2D eigenvalue weighted by atomic mass is 16.5. The fourth-order valence-corrected chi connectivity index (χ4v) is 2.65. The van der Waals surface area contributed by atoms with E-state index in [4.69, 9.17) is 4.74 Å². The normalized spacial score (nSPS) is 18.9. The van der Waals surface area contributed by atoms with Crippen LogP contribution in [0.5, 0.6) is 5.75 Å². The number of hydrogen-bond acceptors (Lipinski definition) is 4. The van der Waals surface area contributed by atoms with Gasteiger partial charge >= 0.3 is 0 Å². The van der Waals surface area contributed by atoms with Gasteiger partial charge < -0.3 is 19.6 Å². The maximum atomic E-state index is 10.3. The van der Waals surface area contributed by atoms with Crippen molar-refractivity contribution < 1.29 is 9.84 Å². The summed E-state index contributed by atoms with van der Waals surface area (Å²) in [5, 5.41) is 10.3. The molecule has 1 aliphatic rings. The van der Waals surface area contributed by atoms with Crippen LogP contribution in [0.25, 0.3) is 0 Å². The fourth-order valence-electron chi connectivity index (χ4n) is 2.65. The molecule has 0 saturated carbocycles. The number of aliphatic hydroxyl groups excluding tert-OH is 1. The summed E-state index contributed by atoms with van der Waals surface area (Å²) in [7, 11) is 1.65. The van der Waals surface area contributed by atoms with Crippen molar-refractivity contribution in [1.29, 1.82) is 0 Å². The number of ether oxygens (including phenoxy) is 1. The molecule has 1 saturated heterocycles. The Labute approximate surface area is 122 Å². The summed E-state index contributed by atoms with van der Waals surface area (Å²) in [5.41, 5.74) is 0.941. The Morgan fingerprint density at radius 3 is 2.55 bits per heavy atom. The van der Waals surface area contributed by atoms with E-state index in [0.29, 0.717) is 0 Å². The molecule has 2 rings (SSSR count). The van der Waals surface area contributed by atoms with Crippen molar-refractivity contribution in [2.75, 3.05) is 46.4 Å². The Bertz CT molecular complexity index is 403. The monoisotopic (exact) mass is 278 g/mol. The number of piperazine rings is 1. The first-order chi connectivity index (χ1) is 9.72. The molecular weight excluding hydrogens is 252 g/mol. The molecule has 4 nitrogen and oxygen atoms in total. The van der Waals surface area contributed by atoms with Crippen LogP contribution in [0.3, 0.4) is 0 Å². The second-order valence-corrected chi connectivity index (χ2v) is 5.36. The van der Waals surface area contributed by atoms with Crippen LogP contribution in [0, 0.1) is 0 Å². The highest BCUT2D eigenvalue weighted by Gasteiger charge is 2.17. The van der Waals surface area contributed by atoms with Crippen LogP contribution in [-0.4, -0.2) is 61.3 Å². The average molecular weight is 278 g/mol. The summed E-state index contributed by atoms with van der Waals surface area (Å²) in [6.07, 6.45) is 0.369. The zero-order chi connectivity index (χ0) is 14.4. The topological polar surface area (TPSA) is 35.9 Å². The molecule has 1 N–H and O–H groups in total. The van der Waals surface area contributed by atoms with Crippen LogP contribution >= 0.6 is 0 Å². The van der Waals surface area contributed by atoms with E-state index >= 15 is 0 Å². The van der Waals surface area contributed by atoms with Crippen molar-refractivity contribution in [2.45, 2.75) is 19.4 Å². The van der Waals surface area contributed by atoms with Crippen LogP contribution in [0.4, 0.5) is 0 Å². The Balaban J connectivity index is 1.78. The van der Waals surface area contributed by atoms with Crippen molar-refractivity contribution >= 4 is 0 Å². The molecule has 20 heavy (non-hydrogen) atoms. The fraction of sp³-hybridized carbons (Fsp3) is 0.625. The van der Waals surface area contributed by atoms with E-state index in [2.05, 4.69) is 16.7 Å². The van der Waals surface area contributed by atoms with Gasteiger partial charge in [-0.1, -0.05) is 19.1 Å². The standard InChI is InChI=1S/C16H26N2O2/c1-3-17-9-11-18(12-10-17)8-7-16(19)14-5-4-6-15(13-14)20-2/h4-6,13,16,19H,3,7-12H2,1-2H3. The van der Waals surface area contributed by atoms with E-state index in [1.165, 1.54) is 0 Å². The molecule has 1 aromatic carbocycles. The van der Waals surface area contributed by atoms with Crippen molar-refractivity contribution in [3.63, 3.8) is 0 Å². The Kier molecular flexibility index (Phi) is 5.83. The van der Waals surface area contributed by atoms with Gasteiger partial charge in [0.1, 0.15) is 5.75 Å². The van der Waals surface area contributed by atoms with Crippen molar-refractivity contribution in [3.05, 3.63) is 29.8 Å². The Morgan fingerprint density at radius 2 is 1.90 bits per heavy atom. The van der Waals surface area contributed by atoms with Crippen molar-refractivity contribution in [2.24, 2.45) is 0 Å². The second kappa shape index (κ2) is 7.62. The van der Waals surface area contributed by atoms with E-state index in [0.717, 1.165) is 57.0 Å². The first-order valence-corrected chi connectivity index (χ1v) is 7.49. The highest BCUT2D eigenvalue weighted by molar-refractivity contribution is 5.29. The SMILES string of the molecule is CCN1CCN(CCC(O)c2cccc(OC)c2)CC1. The van der Waals surface area contributed by atoms with Gasteiger partial charge in [-0.15, -0.1) is 0 Å². The predicted molar refractivity (Wildman–Crippen MR) is 81.1 cm³/mol. The van der Waals surface area contributed by atoms with E-state index < -0.39 is 6.10 Å². The zero-order valence-electron chi connectivity index (χ0n) is 12.6. The zero-order valence-corrected chi connectivity index (χ0v) is 12.6. The minimum Gasteiger partial charge on any atom is -0.497 e. The summed E-state index contributed by atoms with van der Waals surface area (Å²) in [5.74, 6) is 0.804. The number of benzene rings is 1. The van der Waals surface area contributed by atoms with Crippen LogP contribution in [0.2, 0.25) is 0 Å². The Hall–Kier alpha value is -1.10. The molecule has 1 atom stereocenters. The van der Waals surface area contributed by atoms with Gasteiger partial charge in [-0.25, -0.2) is 0 Å². The Morgan fingerprint density at radius 1 is 1.20 bits per heavy atom. The van der Waals surface area contributed by atoms with Gasteiger partial charge in [0.25, 0.3) is 0 Å². The van der Waals surface area contributed by atoms with Crippen LogP contribution < -0.4 is 4.74 Å². The van der Waals surface area contributed by atoms with Crippen LogP contribution in [0.15, 0.2) is 24.3 Å². The third kappa shape index (κ3) is 4.20. The predicted octanol–water partition coefficient (Wildman–Crippen LogP) is 1.76. The smallest absolute Gasteiger partial charge is 0.119 e. The lowest BCUT2D eigenvalue weighted by Crippen LogP contribution is -2.46. The van der Waals surface area contributed by atoms with E-state index in [-0.39, 0.29) is 0 Å². The number of hydrogen-bond donors (Lipinski definition) is 1. The molecule has 0 radical (unpaired) electrons. The summed E-state index contributed by atoms with van der Waals surface area (Å²) in [6.45, 7) is 8.81. The number of nitrogens with zero attached hydrogens (tertiary/aromatic N) is 2. The third-order valence-electron chi connectivity index (χ3n) is 4.11. The lowest BCUT2D eigenvalue weighted by Gasteiger charge is -2.34. The quantitative estimate of drug-likeness (QED) is 0.860. The molecule has 0 bridgehead atoms. The van der Waals surface area contributed by atoms with Crippen LogP contribution in [0.1, 0.15) is 25.0 Å². The molecule has 1 aromatic rings. The molecule has 1 heterocycles. The van der Waals surface area contributed by atoms with Crippen LogP contribution in [-0.2, 0) is 0 Å². The molecule has 1 fully saturated rings. The van der Waals surface area contributed by atoms with Crippen molar-refractivity contribution in [3.8, 4) is 5.75 Å². The molecule has 4 heteroatoms. The van der Waals surface area contributed by atoms with E-state index in [1.54, 1.807) is 7.11 Å². The molecule has 0 aliphatic carbocycles. The summed E-state index contributed by atoms with van der Waals surface area (Å²) < 4.78 is 5.20. The lowest BCUT2D eigenvalue weighted by atomic mass is 10.1. The van der Waals surface area contributed by atoms with Gasteiger partial charge in [0.15, 0.2) is 0 Å². The summed E-state index contributed by atoms with van der Waals surface area (Å²) in [6, 6.07) is 7.71. The maximum absolute atomic E-state index is 10.3. The van der Waals surface area contributed by atoms with Gasteiger partial charge in [0.05, 0.1) is 13.2 Å². The molecular formula is C16H26N2O2. The minimum atomic E-state index is -0.408. The molecule has 0 aromatic heterocycles. The van der Waals surface area contributed by atoms with E-state index in [9.17, 15) is 5.11 Å². The van der Waals surface area contributed by atoms with Gasteiger partial charge in [-0.05, 0) is 30.7 Å². The van der Waals surface area contributed by atoms with Gasteiger partial charge in [0, 0.05) is 32.7 Å². The summed E-state index contributed by atoms with van der Waals surface area (Å²) >= 11 is 0. The molecule has 0 amide bonds. The number of rotatable bonds is 6. The van der Waals surface area contributed by atoms with Gasteiger partial charge in [-0.3, -0.25) is 0 Å². The average Bonchev–Trinajstić information content (AvgIpc) is 2.53. The molecule has 1 unspecified atom stereocenters. The number of methoxy groups -OCH3 is 1. The van der Waals surface area contributed by atoms with Gasteiger partial charge in [0.2, 0.25) is 0 Å². The first-order valence-electron chi connectivity index (χ1n) is 7.49. The first kappa shape index (κ1) is 15.3. The molecule has 112 valence electrons. The highest BCUT2D eigenvalue weighted by Crippen LogP contribution is 2.21. The summed E-state index contributed by atoms with van der Waals surface area (Å²) in [4.78, 5) is 4.91. The number of likely N-dealkylation sites (N-methyl/N-ethyl adjacent to an activating group) is 1. The van der Waals surface area contributed by atoms with Crippen molar-refractivity contribution in [1.82, 2.24) is 9.80 Å². The third-order valence-corrected chi connectivity index (χ3v) is 4.11. The lowest BCUT2D eigenvalue weighted by molar-refractivity contribution is 0.105. The maximum Gasteiger partial charge on any atom is 0.119 e. The molecule has 1 aliphatic heterocycles. The second-order valence-electron chi connectivity index (χ2n) is 5.36. The largest absolute Gasteiger partial charge is 0.497 e. The molecule has 0 spiro atoms.